The molecule has 0 aliphatic rings. The quantitative estimate of drug-likeness (QED) is 0.781. The SMILES string of the molecule is CC(C)(C)Cc1cn(CCCC(C)(C)C(C)(C)C)nn1. The summed E-state index contributed by atoms with van der Waals surface area (Å²) in [5.41, 5.74) is 2.07. The van der Waals surface area contributed by atoms with Crippen LogP contribution in [0.1, 0.15) is 73.9 Å². The molecule has 0 N–H and O–H groups in total. The number of hydrogen-bond acceptors (Lipinski definition) is 2. The maximum absolute atomic E-state index is 4.28. The second kappa shape index (κ2) is 5.87. The van der Waals surface area contributed by atoms with Crippen molar-refractivity contribution in [1.82, 2.24) is 15.0 Å². The molecule has 1 aromatic heterocycles. The molecule has 0 unspecified atom stereocenters. The molecule has 0 aliphatic heterocycles. The van der Waals surface area contributed by atoms with Gasteiger partial charge in [0.25, 0.3) is 0 Å². The molecule has 0 saturated carbocycles. The van der Waals surface area contributed by atoms with Gasteiger partial charge in [0.05, 0.1) is 5.69 Å². The predicted octanol–water partition coefficient (Wildman–Crippen LogP) is 4.72. The second-order valence-corrected chi connectivity index (χ2v) is 8.95. The normalized spacial score (nSPS) is 13.8. The Hall–Kier alpha value is -0.860. The van der Waals surface area contributed by atoms with Crippen LogP contribution in [0.15, 0.2) is 6.20 Å². The molecule has 0 spiro atoms. The third-order valence-corrected chi connectivity index (χ3v) is 4.52. The summed E-state index contributed by atoms with van der Waals surface area (Å²) in [5.74, 6) is 0. The van der Waals surface area contributed by atoms with Crippen LogP contribution >= 0.6 is 0 Å². The van der Waals surface area contributed by atoms with Crippen LogP contribution in [0.25, 0.3) is 0 Å². The van der Waals surface area contributed by atoms with Gasteiger partial charge in [-0.2, -0.15) is 0 Å². The van der Waals surface area contributed by atoms with Crippen LogP contribution in [0.4, 0.5) is 0 Å². The van der Waals surface area contributed by atoms with Crippen LogP contribution in [-0.4, -0.2) is 15.0 Å². The van der Waals surface area contributed by atoms with Gasteiger partial charge >= 0.3 is 0 Å². The topological polar surface area (TPSA) is 30.7 Å². The zero-order valence-corrected chi connectivity index (χ0v) is 14.7. The summed E-state index contributed by atoms with van der Waals surface area (Å²) in [6.45, 7) is 19.4. The van der Waals surface area contributed by atoms with Gasteiger partial charge in [0.1, 0.15) is 0 Å². The maximum atomic E-state index is 4.28. The molecule has 0 saturated heterocycles. The average molecular weight is 279 g/mol. The van der Waals surface area contributed by atoms with E-state index in [4.69, 9.17) is 0 Å². The van der Waals surface area contributed by atoms with E-state index in [1.54, 1.807) is 0 Å². The van der Waals surface area contributed by atoms with Crippen molar-refractivity contribution < 1.29 is 0 Å². The highest BCUT2D eigenvalue weighted by Gasteiger charge is 2.31. The summed E-state index contributed by atoms with van der Waals surface area (Å²) in [6, 6.07) is 0. The van der Waals surface area contributed by atoms with E-state index in [0.717, 1.165) is 25.1 Å². The zero-order chi connectivity index (χ0) is 15.6. The minimum Gasteiger partial charge on any atom is -0.252 e. The first-order valence-electron chi connectivity index (χ1n) is 7.80. The highest BCUT2D eigenvalue weighted by Crippen LogP contribution is 2.41. The third kappa shape index (κ3) is 5.26. The zero-order valence-electron chi connectivity index (χ0n) is 14.7. The monoisotopic (exact) mass is 279 g/mol. The minimum absolute atomic E-state index is 0.273. The summed E-state index contributed by atoms with van der Waals surface area (Å²) >= 11 is 0. The summed E-state index contributed by atoms with van der Waals surface area (Å²) < 4.78 is 2.00. The molecule has 0 aliphatic carbocycles. The fourth-order valence-electron chi connectivity index (χ4n) is 2.13. The third-order valence-electron chi connectivity index (χ3n) is 4.52. The molecule has 1 heterocycles. The van der Waals surface area contributed by atoms with Gasteiger partial charge in [-0.05, 0) is 35.5 Å². The van der Waals surface area contributed by atoms with Crippen molar-refractivity contribution in [2.24, 2.45) is 16.2 Å². The first-order valence-corrected chi connectivity index (χ1v) is 7.80. The summed E-state index contributed by atoms with van der Waals surface area (Å²) in [6.07, 6.45) is 5.46. The first kappa shape index (κ1) is 17.2. The van der Waals surface area contributed by atoms with Gasteiger partial charge < -0.3 is 0 Å². The Morgan fingerprint density at radius 3 is 2.10 bits per heavy atom. The van der Waals surface area contributed by atoms with E-state index in [0.29, 0.717) is 10.8 Å². The molecular formula is C17H33N3. The van der Waals surface area contributed by atoms with Gasteiger partial charge in [-0.1, -0.05) is 60.6 Å². The van der Waals surface area contributed by atoms with Crippen LogP contribution in [0, 0.1) is 16.2 Å². The number of hydrogen-bond donors (Lipinski definition) is 0. The van der Waals surface area contributed by atoms with Crippen molar-refractivity contribution in [3.05, 3.63) is 11.9 Å². The largest absolute Gasteiger partial charge is 0.252 e. The Balaban J connectivity index is 2.48. The number of aryl methyl sites for hydroxylation is 1. The highest BCUT2D eigenvalue weighted by molar-refractivity contribution is 4.95. The lowest BCUT2D eigenvalue weighted by Crippen LogP contribution is -2.29. The van der Waals surface area contributed by atoms with Gasteiger partial charge in [-0.25, -0.2) is 0 Å². The Labute approximate surface area is 125 Å². The molecule has 20 heavy (non-hydrogen) atoms. The van der Waals surface area contributed by atoms with E-state index in [2.05, 4.69) is 71.9 Å². The number of aromatic nitrogens is 3. The van der Waals surface area contributed by atoms with Crippen molar-refractivity contribution in [2.75, 3.05) is 0 Å². The molecule has 0 aromatic carbocycles. The van der Waals surface area contributed by atoms with Crippen LogP contribution < -0.4 is 0 Å². The van der Waals surface area contributed by atoms with E-state index in [9.17, 15) is 0 Å². The van der Waals surface area contributed by atoms with E-state index < -0.39 is 0 Å². The molecule has 1 rings (SSSR count). The maximum Gasteiger partial charge on any atom is 0.0832 e. The summed E-state index contributed by atoms with van der Waals surface area (Å²) in [5, 5.41) is 8.53. The van der Waals surface area contributed by atoms with Crippen LogP contribution in [-0.2, 0) is 13.0 Å². The van der Waals surface area contributed by atoms with Crippen molar-refractivity contribution in [1.29, 1.82) is 0 Å². The fraction of sp³-hybridized carbons (Fsp3) is 0.882. The summed E-state index contributed by atoms with van der Waals surface area (Å²) in [7, 11) is 0. The molecule has 3 nitrogen and oxygen atoms in total. The van der Waals surface area contributed by atoms with Crippen molar-refractivity contribution in [3.8, 4) is 0 Å². The molecule has 116 valence electrons. The molecule has 0 atom stereocenters. The minimum atomic E-state index is 0.273. The average Bonchev–Trinajstić information content (AvgIpc) is 2.60. The van der Waals surface area contributed by atoms with Gasteiger partial charge in [0.15, 0.2) is 0 Å². The summed E-state index contributed by atoms with van der Waals surface area (Å²) in [4.78, 5) is 0. The van der Waals surface area contributed by atoms with Crippen molar-refractivity contribution in [2.45, 2.75) is 81.2 Å². The fourth-order valence-corrected chi connectivity index (χ4v) is 2.13. The smallest absolute Gasteiger partial charge is 0.0832 e. The molecule has 0 amide bonds. The first-order chi connectivity index (χ1) is 8.91. The van der Waals surface area contributed by atoms with E-state index >= 15 is 0 Å². The predicted molar refractivity (Wildman–Crippen MR) is 85.7 cm³/mol. The second-order valence-electron chi connectivity index (χ2n) is 8.95. The van der Waals surface area contributed by atoms with E-state index in [-0.39, 0.29) is 5.41 Å². The van der Waals surface area contributed by atoms with Gasteiger partial charge in [-0.3, -0.25) is 4.68 Å². The lowest BCUT2D eigenvalue weighted by Gasteiger charge is -2.39. The Morgan fingerprint density at radius 1 is 1.00 bits per heavy atom. The molecule has 3 heteroatoms. The lowest BCUT2D eigenvalue weighted by molar-refractivity contribution is 0.114. The molecular weight excluding hydrogens is 246 g/mol. The highest BCUT2D eigenvalue weighted by atomic mass is 15.4. The molecule has 0 radical (unpaired) electrons. The van der Waals surface area contributed by atoms with Crippen LogP contribution in [0.5, 0.6) is 0 Å². The van der Waals surface area contributed by atoms with E-state index in [1.165, 1.54) is 6.42 Å². The van der Waals surface area contributed by atoms with Gasteiger partial charge in [0.2, 0.25) is 0 Å². The molecule has 0 bridgehead atoms. The lowest BCUT2D eigenvalue weighted by atomic mass is 9.67. The van der Waals surface area contributed by atoms with Crippen LogP contribution in [0.3, 0.4) is 0 Å². The van der Waals surface area contributed by atoms with Gasteiger partial charge in [-0.15, -0.1) is 5.10 Å². The van der Waals surface area contributed by atoms with Crippen molar-refractivity contribution in [3.63, 3.8) is 0 Å². The Kier molecular flexibility index (Phi) is 5.04. The van der Waals surface area contributed by atoms with Crippen molar-refractivity contribution >= 4 is 0 Å². The number of nitrogens with zero attached hydrogens (tertiary/aromatic N) is 3. The van der Waals surface area contributed by atoms with Gasteiger partial charge in [0, 0.05) is 12.7 Å². The van der Waals surface area contributed by atoms with Crippen LogP contribution in [0.2, 0.25) is 0 Å². The van der Waals surface area contributed by atoms with E-state index in [1.807, 2.05) is 4.68 Å². The Bertz CT molecular complexity index is 416. The molecule has 1 aromatic rings. The standard InChI is InChI=1S/C17H33N3/c1-15(2,3)12-14-13-20(19-18-14)11-9-10-17(7,8)16(4,5)6/h13H,9-12H2,1-8H3. The number of rotatable bonds is 5. The molecule has 0 fully saturated rings. The Morgan fingerprint density at radius 2 is 1.60 bits per heavy atom.